The Hall–Kier alpha value is -2.37. The van der Waals surface area contributed by atoms with Gasteiger partial charge in [0.05, 0.1) is 17.8 Å². The summed E-state index contributed by atoms with van der Waals surface area (Å²) in [5.41, 5.74) is 1.23. The van der Waals surface area contributed by atoms with E-state index in [9.17, 15) is 9.18 Å². The summed E-state index contributed by atoms with van der Waals surface area (Å²) in [6, 6.07) is 8.41. The molecule has 0 bridgehead atoms. The van der Waals surface area contributed by atoms with Gasteiger partial charge in [-0.15, -0.1) is 0 Å². The Kier molecular flexibility index (Phi) is 3.85. The number of rotatable bonds is 3. The smallest absolute Gasteiger partial charge is 0.228 e. The van der Waals surface area contributed by atoms with Crippen LogP contribution in [0.2, 0.25) is 0 Å². The van der Waals surface area contributed by atoms with E-state index in [-0.39, 0.29) is 18.1 Å². The lowest BCUT2D eigenvalue weighted by atomic mass is 10.2. The second-order valence-corrected chi connectivity index (χ2v) is 4.99. The third kappa shape index (κ3) is 3.04. The Morgan fingerprint density at radius 3 is 2.62 bits per heavy atom. The van der Waals surface area contributed by atoms with Crippen molar-refractivity contribution in [3.8, 4) is 0 Å². The largest absolute Gasteiger partial charge is 0.366 e. The summed E-state index contributed by atoms with van der Waals surface area (Å²) < 4.78 is 18.5. The van der Waals surface area contributed by atoms with Crippen molar-refractivity contribution in [3.63, 3.8) is 0 Å². The highest BCUT2D eigenvalue weighted by molar-refractivity contribution is 5.78. The van der Waals surface area contributed by atoms with Crippen LogP contribution < -0.4 is 4.90 Å². The lowest BCUT2D eigenvalue weighted by Gasteiger charge is -2.36. The van der Waals surface area contributed by atoms with E-state index in [1.807, 2.05) is 11.0 Å². The minimum atomic E-state index is -0.222. The first kappa shape index (κ1) is 13.6. The van der Waals surface area contributed by atoms with Gasteiger partial charge in [0, 0.05) is 32.2 Å². The highest BCUT2D eigenvalue weighted by atomic mass is 19.1. The summed E-state index contributed by atoms with van der Waals surface area (Å²) in [5.74, 6) is -0.197. The highest BCUT2D eigenvalue weighted by Crippen LogP contribution is 2.20. The number of hydrogen-bond acceptors (Lipinski definition) is 4. The first-order valence-electron chi connectivity index (χ1n) is 6.90. The van der Waals surface area contributed by atoms with Crippen LogP contribution in [0.4, 0.5) is 10.1 Å². The van der Waals surface area contributed by atoms with Crippen LogP contribution in [0.15, 0.2) is 41.1 Å². The molecular weight excluding hydrogens is 273 g/mol. The van der Waals surface area contributed by atoms with Crippen molar-refractivity contribution in [2.75, 3.05) is 31.1 Å². The van der Waals surface area contributed by atoms with Crippen LogP contribution in [0.5, 0.6) is 0 Å². The molecule has 6 heteroatoms. The fourth-order valence-corrected chi connectivity index (χ4v) is 2.50. The monoisotopic (exact) mass is 289 g/mol. The third-order valence-electron chi connectivity index (χ3n) is 3.65. The molecule has 1 fully saturated rings. The Bertz CT molecular complexity index is 607. The van der Waals surface area contributed by atoms with Gasteiger partial charge in [0.15, 0.2) is 0 Å². The summed E-state index contributed by atoms with van der Waals surface area (Å²) in [6.07, 6.45) is 1.70. The SMILES string of the molecule is O=C(Cc1ccon1)N1CCN(c2ccccc2F)CC1. The van der Waals surface area contributed by atoms with Gasteiger partial charge in [-0.2, -0.15) is 0 Å². The lowest BCUT2D eigenvalue weighted by Crippen LogP contribution is -2.49. The average molecular weight is 289 g/mol. The molecule has 2 heterocycles. The number of aromatic nitrogens is 1. The minimum absolute atomic E-state index is 0.0251. The fourth-order valence-electron chi connectivity index (χ4n) is 2.50. The van der Waals surface area contributed by atoms with E-state index in [0.29, 0.717) is 37.6 Å². The van der Waals surface area contributed by atoms with Crippen molar-refractivity contribution in [2.24, 2.45) is 0 Å². The number of carbonyl (C=O) groups is 1. The number of amides is 1. The predicted octanol–water partition coefficient (Wildman–Crippen LogP) is 1.71. The molecule has 5 nitrogen and oxygen atoms in total. The van der Waals surface area contributed by atoms with Crippen molar-refractivity contribution in [2.45, 2.75) is 6.42 Å². The Balaban J connectivity index is 1.58. The zero-order chi connectivity index (χ0) is 14.7. The van der Waals surface area contributed by atoms with Crippen molar-refractivity contribution in [3.05, 3.63) is 48.1 Å². The molecule has 0 N–H and O–H groups in total. The second-order valence-electron chi connectivity index (χ2n) is 4.99. The summed E-state index contributed by atoms with van der Waals surface area (Å²) in [4.78, 5) is 15.9. The molecule has 0 saturated carbocycles. The third-order valence-corrected chi connectivity index (χ3v) is 3.65. The summed E-state index contributed by atoms with van der Waals surface area (Å²) in [6.45, 7) is 2.44. The molecule has 1 aromatic carbocycles. The average Bonchev–Trinajstić information content (AvgIpc) is 3.01. The molecule has 0 unspecified atom stereocenters. The van der Waals surface area contributed by atoms with Crippen molar-refractivity contribution >= 4 is 11.6 Å². The highest BCUT2D eigenvalue weighted by Gasteiger charge is 2.23. The first-order valence-corrected chi connectivity index (χ1v) is 6.90. The van der Waals surface area contributed by atoms with Crippen LogP contribution in [0.25, 0.3) is 0 Å². The number of halogens is 1. The van der Waals surface area contributed by atoms with Crippen LogP contribution >= 0.6 is 0 Å². The molecule has 1 aliphatic heterocycles. The lowest BCUT2D eigenvalue weighted by molar-refractivity contribution is -0.130. The topological polar surface area (TPSA) is 49.6 Å². The van der Waals surface area contributed by atoms with Gasteiger partial charge in [0.1, 0.15) is 12.1 Å². The van der Waals surface area contributed by atoms with Crippen LogP contribution in [0, 0.1) is 5.82 Å². The molecule has 0 radical (unpaired) electrons. The molecule has 110 valence electrons. The van der Waals surface area contributed by atoms with Gasteiger partial charge in [0.2, 0.25) is 5.91 Å². The van der Waals surface area contributed by atoms with Crippen molar-refractivity contribution < 1.29 is 13.7 Å². The second kappa shape index (κ2) is 5.95. The van der Waals surface area contributed by atoms with Crippen LogP contribution in [-0.4, -0.2) is 42.1 Å². The predicted molar refractivity (Wildman–Crippen MR) is 75.4 cm³/mol. The van der Waals surface area contributed by atoms with E-state index in [4.69, 9.17) is 4.52 Å². The van der Waals surface area contributed by atoms with Gasteiger partial charge in [-0.3, -0.25) is 4.79 Å². The molecule has 2 aromatic rings. The maximum absolute atomic E-state index is 13.7. The molecule has 3 rings (SSSR count). The molecule has 0 atom stereocenters. The normalized spacial score (nSPS) is 15.3. The van der Waals surface area contributed by atoms with Gasteiger partial charge in [-0.25, -0.2) is 4.39 Å². The number of nitrogens with zero attached hydrogens (tertiary/aromatic N) is 3. The molecule has 1 saturated heterocycles. The van der Waals surface area contributed by atoms with Gasteiger partial charge >= 0.3 is 0 Å². The molecule has 21 heavy (non-hydrogen) atoms. The van der Waals surface area contributed by atoms with E-state index in [0.717, 1.165) is 0 Å². The number of hydrogen-bond donors (Lipinski definition) is 0. The van der Waals surface area contributed by atoms with Crippen molar-refractivity contribution in [1.82, 2.24) is 10.1 Å². The quantitative estimate of drug-likeness (QED) is 0.863. The van der Waals surface area contributed by atoms with Gasteiger partial charge in [0.25, 0.3) is 0 Å². The van der Waals surface area contributed by atoms with Gasteiger partial charge < -0.3 is 14.3 Å². The van der Waals surface area contributed by atoms with E-state index < -0.39 is 0 Å². The zero-order valence-electron chi connectivity index (χ0n) is 11.5. The number of piperazine rings is 1. The summed E-state index contributed by atoms with van der Waals surface area (Å²) >= 11 is 0. The molecule has 1 aromatic heterocycles. The van der Waals surface area contributed by atoms with Crippen molar-refractivity contribution in [1.29, 1.82) is 0 Å². The molecule has 0 spiro atoms. The number of carbonyl (C=O) groups excluding carboxylic acids is 1. The Morgan fingerprint density at radius 2 is 1.95 bits per heavy atom. The zero-order valence-corrected chi connectivity index (χ0v) is 11.5. The number of para-hydroxylation sites is 1. The molecule has 0 aliphatic carbocycles. The number of anilines is 1. The summed E-state index contributed by atoms with van der Waals surface area (Å²) in [5, 5.41) is 3.74. The number of benzene rings is 1. The maximum Gasteiger partial charge on any atom is 0.228 e. The first-order chi connectivity index (χ1) is 10.2. The standard InChI is InChI=1S/C15H16FN3O2/c16-13-3-1-2-4-14(13)18-6-8-19(9-7-18)15(20)11-12-5-10-21-17-12/h1-5,10H,6-9,11H2. The van der Waals surface area contributed by atoms with Crippen LogP contribution in [-0.2, 0) is 11.2 Å². The Morgan fingerprint density at radius 1 is 1.19 bits per heavy atom. The summed E-state index contributed by atoms with van der Waals surface area (Å²) in [7, 11) is 0. The minimum Gasteiger partial charge on any atom is -0.366 e. The fraction of sp³-hybridized carbons (Fsp3) is 0.333. The molecule has 1 aliphatic rings. The maximum atomic E-state index is 13.7. The Labute approximate surface area is 121 Å². The van der Waals surface area contributed by atoms with Crippen LogP contribution in [0.3, 0.4) is 0 Å². The van der Waals surface area contributed by atoms with Gasteiger partial charge in [-0.05, 0) is 12.1 Å². The molecule has 1 amide bonds. The van der Waals surface area contributed by atoms with Crippen LogP contribution in [0.1, 0.15) is 5.69 Å². The van der Waals surface area contributed by atoms with E-state index in [1.165, 1.54) is 12.3 Å². The van der Waals surface area contributed by atoms with E-state index >= 15 is 0 Å². The van der Waals surface area contributed by atoms with Gasteiger partial charge in [-0.1, -0.05) is 17.3 Å². The van der Waals surface area contributed by atoms with E-state index in [2.05, 4.69) is 5.16 Å². The van der Waals surface area contributed by atoms with E-state index in [1.54, 1.807) is 23.1 Å². The molecular formula is C15H16FN3O2.